The lowest BCUT2D eigenvalue weighted by Gasteiger charge is -2.11. The van der Waals surface area contributed by atoms with Crippen LogP contribution >= 0.6 is 0 Å². The fourth-order valence-corrected chi connectivity index (χ4v) is 3.80. The number of rotatable bonds is 4. The molecule has 5 rings (SSSR count). The van der Waals surface area contributed by atoms with Gasteiger partial charge in [-0.2, -0.15) is 5.10 Å². The molecule has 0 radical (unpaired) electrons. The molecule has 1 atom stereocenters. The molecular weight excluding hydrogens is 395 g/mol. The van der Waals surface area contributed by atoms with Gasteiger partial charge in [-0.25, -0.2) is 4.39 Å². The molecule has 3 aromatic carbocycles. The third-order valence-electron chi connectivity index (χ3n) is 5.46. The van der Waals surface area contributed by atoms with Crippen LogP contribution in [0.15, 0.2) is 54.6 Å². The van der Waals surface area contributed by atoms with E-state index in [1.807, 2.05) is 30.4 Å². The molecular formula is C24H19FN4O2. The van der Waals surface area contributed by atoms with Crippen molar-refractivity contribution >= 4 is 51.3 Å². The SMILES string of the molecule is O=C1CCC(C(=O)Nc2cc3c(/C=C/c4ccc5ccccc5c4)n[nH]c3cc2F)N1. The Morgan fingerprint density at radius 3 is 2.74 bits per heavy atom. The van der Waals surface area contributed by atoms with Gasteiger partial charge in [0, 0.05) is 17.9 Å². The first-order valence-electron chi connectivity index (χ1n) is 10.0. The van der Waals surface area contributed by atoms with Gasteiger partial charge in [-0.3, -0.25) is 14.7 Å². The lowest BCUT2D eigenvalue weighted by Crippen LogP contribution is -2.37. The van der Waals surface area contributed by atoms with Crippen LogP contribution in [-0.4, -0.2) is 28.1 Å². The predicted molar refractivity (Wildman–Crippen MR) is 119 cm³/mol. The van der Waals surface area contributed by atoms with Crippen molar-refractivity contribution in [2.45, 2.75) is 18.9 Å². The fraction of sp³-hybridized carbons (Fsp3) is 0.125. The number of benzene rings is 3. The van der Waals surface area contributed by atoms with E-state index in [0.29, 0.717) is 29.4 Å². The highest BCUT2D eigenvalue weighted by molar-refractivity contribution is 6.01. The molecule has 31 heavy (non-hydrogen) atoms. The predicted octanol–water partition coefficient (Wildman–Crippen LogP) is 4.24. The number of nitrogens with zero attached hydrogens (tertiary/aromatic N) is 1. The molecule has 2 amide bonds. The van der Waals surface area contributed by atoms with Gasteiger partial charge in [-0.15, -0.1) is 0 Å². The lowest BCUT2D eigenvalue weighted by atomic mass is 10.1. The maximum absolute atomic E-state index is 14.5. The number of carbonyl (C=O) groups is 2. The Hall–Kier alpha value is -4.00. The number of fused-ring (bicyclic) bond motifs is 2. The number of nitrogens with one attached hydrogen (secondary N) is 3. The molecule has 0 aliphatic carbocycles. The molecule has 1 unspecified atom stereocenters. The maximum Gasteiger partial charge on any atom is 0.247 e. The zero-order valence-corrected chi connectivity index (χ0v) is 16.5. The molecule has 2 heterocycles. The van der Waals surface area contributed by atoms with Crippen LogP contribution < -0.4 is 10.6 Å². The number of amides is 2. The number of hydrogen-bond donors (Lipinski definition) is 3. The molecule has 1 saturated heterocycles. The Balaban J connectivity index is 1.42. The van der Waals surface area contributed by atoms with Crippen LogP contribution in [-0.2, 0) is 9.59 Å². The van der Waals surface area contributed by atoms with Gasteiger partial charge < -0.3 is 10.6 Å². The first-order chi connectivity index (χ1) is 15.1. The van der Waals surface area contributed by atoms with Crippen LogP contribution in [0.2, 0.25) is 0 Å². The third kappa shape index (κ3) is 3.77. The second-order valence-corrected chi connectivity index (χ2v) is 7.57. The number of aromatic amines is 1. The van der Waals surface area contributed by atoms with Gasteiger partial charge >= 0.3 is 0 Å². The summed E-state index contributed by atoms with van der Waals surface area (Å²) in [4.78, 5) is 23.7. The molecule has 1 fully saturated rings. The molecule has 6 nitrogen and oxygen atoms in total. The van der Waals surface area contributed by atoms with Crippen LogP contribution in [0.3, 0.4) is 0 Å². The van der Waals surface area contributed by atoms with Crippen molar-refractivity contribution in [2.75, 3.05) is 5.32 Å². The molecule has 4 aromatic rings. The summed E-state index contributed by atoms with van der Waals surface area (Å²) in [5.74, 6) is -1.17. The van der Waals surface area contributed by atoms with Crippen LogP contribution in [0.5, 0.6) is 0 Å². The van der Waals surface area contributed by atoms with Crippen LogP contribution in [0.4, 0.5) is 10.1 Å². The molecule has 1 aromatic heterocycles. The molecule has 0 bridgehead atoms. The van der Waals surface area contributed by atoms with Gasteiger partial charge in [0.05, 0.1) is 16.9 Å². The van der Waals surface area contributed by atoms with E-state index in [1.165, 1.54) is 11.5 Å². The van der Waals surface area contributed by atoms with Crippen molar-refractivity contribution in [2.24, 2.45) is 0 Å². The Morgan fingerprint density at radius 1 is 1.10 bits per heavy atom. The normalized spacial score (nSPS) is 16.3. The van der Waals surface area contributed by atoms with Crippen molar-refractivity contribution in [3.63, 3.8) is 0 Å². The summed E-state index contributed by atoms with van der Waals surface area (Å²) < 4.78 is 14.5. The molecule has 0 saturated carbocycles. The molecule has 154 valence electrons. The largest absolute Gasteiger partial charge is 0.344 e. The van der Waals surface area contributed by atoms with Crippen LogP contribution in [0, 0.1) is 5.82 Å². The Kier molecular flexibility index (Phi) is 4.71. The molecule has 7 heteroatoms. The van der Waals surface area contributed by atoms with Crippen molar-refractivity contribution in [3.8, 4) is 0 Å². The second-order valence-electron chi connectivity index (χ2n) is 7.57. The second kappa shape index (κ2) is 7.68. The summed E-state index contributed by atoms with van der Waals surface area (Å²) in [7, 11) is 0. The standard InChI is InChI=1S/C24H19FN4O2/c25-18-13-21-17(12-22(18)27-24(31)20-9-10-23(30)26-20)19(28-29-21)8-6-14-5-7-15-3-1-2-4-16(15)11-14/h1-8,11-13,20H,9-10H2,(H,26,30)(H,27,31)(H,28,29)/b8-6+. The van der Waals surface area contributed by atoms with E-state index in [2.05, 4.69) is 45.1 Å². The Labute approximate surface area is 177 Å². The summed E-state index contributed by atoms with van der Waals surface area (Å²) >= 11 is 0. The number of H-pyrrole nitrogens is 1. The monoisotopic (exact) mass is 414 g/mol. The Morgan fingerprint density at radius 2 is 1.94 bits per heavy atom. The van der Waals surface area contributed by atoms with E-state index >= 15 is 0 Å². The minimum atomic E-state index is -0.640. The highest BCUT2D eigenvalue weighted by atomic mass is 19.1. The van der Waals surface area contributed by atoms with Crippen LogP contribution in [0.25, 0.3) is 33.8 Å². The lowest BCUT2D eigenvalue weighted by molar-refractivity contribution is -0.122. The van der Waals surface area contributed by atoms with E-state index in [4.69, 9.17) is 0 Å². The summed E-state index contributed by atoms with van der Waals surface area (Å²) in [6, 6.07) is 16.5. The minimum Gasteiger partial charge on any atom is -0.344 e. The summed E-state index contributed by atoms with van der Waals surface area (Å²) in [6.07, 6.45) is 4.49. The zero-order valence-electron chi connectivity index (χ0n) is 16.5. The van der Waals surface area contributed by atoms with Gasteiger partial charge in [-0.1, -0.05) is 42.5 Å². The highest BCUT2D eigenvalue weighted by Gasteiger charge is 2.27. The summed E-state index contributed by atoms with van der Waals surface area (Å²) in [6.45, 7) is 0. The first-order valence-corrected chi connectivity index (χ1v) is 10.0. The topological polar surface area (TPSA) is 86.9 Å². The van der Waals surface area contributed by atoms with E-state index in [9.17, 15) is 14.0 Å². The van der Waals surface area contributed by atoms with E-state index < -0.39 is 17.8 Å². The Bertz CT molecular complexity index is 1360. The highest BCUT2D eigenvalue weighted by Crippen LogP contribution is 2.26. The van der Waals surface area contributed by atoms with Gasteiger partial charge in [0.25, 0.3) is 0 Å². The third-order valence-corrected chi connectivity index (χ3v) is 5.46. The number of hydrogen-bond acceptors (Lipinski definition) is 3. The summed E-state index contributed by atoms with van der Waals surface area (Å²) in [5.41, 5.74) is 2.23. The molecule has 3 N–H and O–H groups in total. The fourth-order valence-electron chi connectivity index (χ4n) is 3.80. The van der Waals surface area contributed by atoms with Crippen molar-refractivity contribution < 1.29 is 14.0 Å². The van der Waals surface area contributed by atoms with Crippen molar-refractivity contribution in [1.29, 1.82) is 0 Å². The molecule has 1 aliphatic heterocycles. The van der Waals surface area contributed by atoms with Crippen LogP contribution in [0.1, 0.15) is 24.1 Å². The number of aromatic nitrogens is 2. The van der Waals surface area contributed by atoms with Gasteiger partial charge in [-0.05, 0) is 41.0 Å². The van der Waals surface area contributed by atoms with Gasteiger partial charge in [0.1, 0.15) is 11.9 Å². The minimum absolute atomic E-state index is 0.0559. The molecule has 1 aliphatic rings. The number of anilines is 1. The first kappa shape index (κ1) is 19.0. The van der Waals surface area contributed by atoms with Crippen molar-refractivity contribution in [1.82, 2.24) is 15.5 Å². The average Bonchev–Trinajstić information content (AvgIpc) is 3.38. The van der Waals surface area contributed by atoms with Crippen molar-refractivity contribution in [3.05, 3.63) is 71.7 Å². The van der Waals surface area contributed by atoms with E-state index in [-0.39, 0.29) is 11.6 Å². The van der Waals surface area contributed by atoms with E-state index in [1.54, 1.807) is 6.07 Å². The maximum atomic E-state index is 14.5. The van der Waals surface area contributed by atoms with E-state index in [0.717, 1.165) is 10.9 Å². The summed E-state index contributed by atoms with van der Waals surface area (Å²) in [5, 5.41) is 15.3. The number of halogens is 1. The smallest absolute Gasteiger partial charge is 0.247 e. The molecule has 0 spiro atoms. The van der Waals surface area contributed by atoms with Gasteiger partial charge in [0.2, 0.25) is 11.8 Å². The van der Waals surface area contributed by atoms with Gasteiger partial charge in [0.15, 0.2) is 0 Å². The quantitative estimate of drug-likeness (QED) is 0.467. The number of carbonyl (C=O) groups excluding carboxylic acids is 2. The zero-order chi connectivity index (χ0) is 21.4. The average molecular weight is 414 g/mol.